The van der Waals surface area contributed by atoms with E-state index in [0.717, 1.165) is 18.2 Å². The average Bonchev–Trinajstić information content (AvgIpc) is 2.94. The molecule has 0 aromatic heterocycles. The standard InChI is InChI=1S/C32H31F13O3/c1-2-3-4-17-13-23(33)28(24(34)14-17)32(44,45)47-21-11-7-18(8-12-21)30(40,41)46-20-9-5-19(6-10-20)31(42,43)48-22-15-25(35)27(26(36)16-22)29(37,38)39/h11,13-16,18-20H,2-10,12H2,1H3. The molecule has 2 aromatic rings. The quantitative estimate of drug-likeness (QED) is 0.205. The summed E-state index contributed by atoms with van der Waals surface area (Å²) in [6, 6.07) is 1.51. The molecule has 1 saturated carbocycles. The van der Waals surface area contributed by atoms with E-state index in [-0.39, 0.29) is 37.0 Å². The molecule has 0 heterocycles. The second-order valence-electron chi connectivity index (χ2n) is 11.9. The van der Waals surface area contributed by atoms with Crippen LogP contribution in [-0.4, -0.2) is 18.3 Å². The number of halogens is 13. The molecule has 1 fully saturated rings. The Bertz CT molecular complexity index is 1420. The van der Waals surface area contributed by atoms with Gasteiger partial charge in [-0.15, -0.1) is 0 Å². The zero-order chi connectivity index (χ0) is 35.7. The molecule has 0 spiro atoms. The SMILES string of the molecule is CCCCc1cc(F)c(C(F)(F)OC2=CCC(C(F)(F)OC3CCC(C(F)(F)Oc4cc(F)c(C(F)(F)F)c(F)c4)CC3)CC2)c(F)c1. The Morgan fingerprint density at radius 1 is 0.667 bits per heavy atom. The van der Waals surface area contributed by atoms with Crippen molar-refractivity contribution in [3.05, 3.63) is 76.1 Å². The fourth-order valence-corrected chi connectivity index (χ4v) is 5.81. The highest BCUT2D eigenvalue weighted by atomic mass is 19.4. The zero-order valence-electron chi connectivity index (χ0n) is 25.3. The van der Waals surface area contributed by atoms with Gasteiger partial charge < -0.3 is 14.2 Å². The fourth-order valence-electron chi connectivity index (χ4n) is 5.81. The molecule has 0 radical (unpaired) electrons. The van der Waals surface area contributed by atoms with Crippen molar-refractivity contribution < 1.29 is 71.3 Å². The van der Waals surface area contributed by atoms with Gasteiger partial charge in [-0.1, -0.05) is 13.3 Å². The number of allylic oxidation sites excluding steroid dienone is 2. The van der Waals surface area contributed by atoms with Crippen LogP contribution in [0.3, 0.4) is 0 Å². The molecule has 16 heteroatoms. The third-order valence-electron chi connectivity index (χ3n) is 8.34. The maximum atomic E-state index is 15.0. The lowest BCUT2D eigenvalue weighted by Gasteiger charge is -2.36. The van der Waals surface area contributed by atoms with Gasteiger partial charge in [0.05, 0.1) is 23.7 Å². The Morgan fingerprint density at radius 3 is 1.73 bits per heavy atom. The van der Waals surface area contributed by atoms with E-state index >= 15 is 8.78 Å². The Morgan fingerprint density at radius 2 is 1.23 bits per heavy atom. The first-order chi connectivity index (χ1) is 22.2. The third-order valence-corrected chi connectivity index (χ3v) is 8.34. The predicted molar refractivity (Wildman–Crippen MR) is 144 cm³/mol. The number of hydrogen-bond acceptors (Lipinski definition) is 3. The van der Waals surface area contributed by atoms with E-state index in [9.17, 15) is 48.3 Å². The van der Waals surface area contributed by atoms with Gasteiger partial charge in [0.25, 0.3) is 0 Å². The van der Waals surface area contributed by atoms with Crippen molar-refractivity contribution in [2.24, 2.45) is 11.8 Å². The highest BCUT2D eigenvalue weighted by Crippen LogP contribution is 2.45. The van der Waals surface area contributed by atoms with Crippen molar-refractivity contribution in [1.82, 2.24) is 0 Å². The number of hydrogen-bond donors (Lipinski definition) is 0. The van der Waals surface area contributed by atoms with E-state index in [4.69, 9.17) is 4.74 Å². The summed E-state index contributed by atoms with van der Waals surface area (Å²) in [6.07, 6.45) is -19.5. The summed E-state index contributed by atoms with van der Waals surface area (Å²) in [4.78, 5) is 0. The minimum absolute atomic E-state index is 0.0342. The molecule has 0 aliphatic heterocycles. The van der Waals surface area contributed by atoms with Gasteiger partial charge in [0.1, 0.15) is 40.1 Å². The number of aryl methyl sites for hydroxylation is 1. The molecule has 2 aliphatic carbocycles. The molecule has 1 unspecified atom stereocenters. The molecule has 1 atom stereocenters. The maximum Gasteiger partial charge on any atom is 0.432 e. The number of ether oxygens (including phenoxy) is 3. The molecule has 0 saturated heterocycles. The first-order valence-corrected chi connectivity index (χ1v) is 15.2. The van der Waals surface area contributed by atoms with Crippen LogP contribution < -0.4 is 4.74 Å². The van der Waals surface area contributed by atoms with Crippen LogP contribution in [0.4, 0.5) is 57.1 Å². The van der Waals surface area contributed by atoms with Gasteiger partial charge in [-0.25, -0.2) is 17.6 Å². The molecule has 4 rings (SSSR count). The first-order valence-electron chi connectivity index (χ1n) is 15.2. The first kappa shape index (κ1) is 37.6. The predicted octanol–water partition coefficient (Wildman–Crippen LogP) is 11.2. The van der Waals surface area contributed by atoms with Crippen molar-refractivity contribution in [2.45, 2.75) is 102 Å². The van der Waals surface area contributed by atoms with Crippen LogP contribution in [0.15, 0.2) is 36.1 Å². The van der Waals surface area contributed by atoms with Gasteiger partial charge in [0, 0.05) is 18.6 Å². The highest BCUT2D eigenvalue weighted by molar-refractivity contribution is 5.33. The normalized spacial score (nSPS) is 21.2. The topological polar surface area (TPSA) is 27.7 Å². The molecule has 0 bridgehead atoms. The number of rotatable bonds is 12. The van der Waals surface area contributed by atoms with Crippen LogP contribution in [0.25, 0.3) is 0 Å². The molecule has 0 N–H and O–H groups in total. The Balaban J connectivity index is 1.31. The summed E-state index contributed by atoms with van der Waals surface area (Å²) in [5.74, 6) is -12.2. The molecular formula is C32H31F13O3. The van der Waals surface area contributed by atoms with Crippen LogP contribution in [0, 0.1) is 35.1 Å². The average molecular weight is 711 g/mol. The largest absolute Gasteiger partial charge is 0.434 e. The van der Waals surface area contributed by atoms with Gasteiger partial charge in [-0.05, 0) is 75.1 Å². The molecule has 2 aliphatic rings. The molecule has 48 heavy (non-hydrogen) atoms. The minimum Gasteiger partial charge on any atom is -0.434 e. The number of alkyl halides is 9. The lowest BCUT2D eigenvalue weighted by atomic mass is 9.86. The second-order valence-corrected chi connectivity index (χ2v) is 11.9. The number of benzene rings is 2. The van der Waals surface area contributed by atoms with E-state index in [2.05, 4.69) is 9.47 Å². The lowest BCUT2D eigenvalue weighted by Crippen LogP contribution is -2.41. The maximum absolute atomic E-state index is 15.0. The Labute approximate surface area is 267 Å². The summed E-state index contributed by atoms with van der Waals surface area (Å²) in [7, 11) is 0. The van der Waals surface area contributed by atoms with Gasteiger partial charge in [-0.2, -0.15) is 39.5 Å². The van der Waals surface area contributed by atoms with E-state index in [1.54, 1.807) is 0 Å². The highest BCUT2D eigenvalue weighted by Gasteiger charge is 2.49. The number of unbranched alkanes of at least 4 members (excludes halogenated alkanes) is 1. The monoisotopic (exact) mass is 710 g/mol. The van der Waals surface area contributed by atoms with Crippen LogP contribution in [0.5, 0.6) is 5.75 Å². The molecule has 3 nitrogen and oxygen atoms in total. The van der Waals surface area contributed by atoms with E-state index in [0.29, 0.717) is 12.8 Å². The van der Waals surface area contributed by atoms with Gasteiger partial charge >= 0.3 is 24.5 Å². The fraction of sp³-hybridized carbons (Fsp3) is 0.562. The van der Waals surface area contributed by atoms with Gasteiger partial charge in [0.15, 0.2) is 0 Å². The van der Waals surface area contributed by atoms with Crippen LogP contribution in [0.1, 0.15) is 81.4 Å². The van der Waals surface area contributed by atoms with Crippen molar-refractivity contribution in [2.75, 3.05) is 0 Å². The summed E-state index contributed by atoms with van der Waals surface area (Å²) >= 11 is 0. The van der Waals surface area contributed by atoms with Crippen molar-refractivity contribution in [1.29, 1.82) is 0 Å². The van der Waals surface area contributed by atoms with Gasteiger partial charge in [-0.3, -0.25) is 0 Å². The summed E-state index contributed by atoms with van der Waals surface area (Å²) < 4.78 is 197. The Hall–Kier alpha value is -3.17. The second kappa shape index (κ2) is 14.4. The van der Waals surface area contributed by atoms with Crippen LogP contribution >= 0.6 is 0 Å². The lowest BCUT2D eigenvalue weighted by molar-refractivity contribution is -0.303. The summed E-state index contributed by atoms with van der Waals surface area (Å²) in [6.45, 7) is 1.84. The molecule has 2 aromatic carbocycles. The van der Waals surface area contributed by atoms with Crippen molar-refractivity contribution in [3.63, 3.8) is 0 Å². The van der Waals surface area contributed by atoms with Crippen LogP contribution in [0.2, 0.25) is 0 Å². The van der Waals surface area contributed by atoms with E-state index in [1.165, 1.54) is 0 Å². The van der Waals surface area contributed by atoms with Crippen molar-refractivity contribution >= 4 is 0 Å². The summed E-state index contributed by atoms with van der Waals surface area (Å²) in [5, 5.41) is 0. The van der Waals surface area contributed by atoms with E-state index in [1.807, 2.05) is 6.92 Å². The minimum atomic E-state index is -5.42. The van der Waals surface area contributed by atoms with E-state index < -0.39 is 120 Å². The van der Waals surface area contributed by atoms with Crippen molar-refractivity contribution in [3.8, 4) is 5.75 Å². The summed E-state index contributed by atoms with van der Waals surface area (Å²) in [5.41, 5.74) is -3.69. The van der Waals surface area contributed by atoms with Gasteiger partial charge in [0.2, 0.25) is 0 Å². The third kappa shape index (κ3) is 8.89. The molecule has 0 amide bonds. The zero-order valence-corrected chi connectivity index (χ0v) is 25.3. The smallest absolute Gasteiger partial charge is 0.432 e. The van der Waals surface area contributed by atoms with Crippen LogP contribution in [-0.2, 0) is 28.2 Å². The Kier molecular flexibility index (Phi) is 11.3. The molecular weight excluding hydrogens is 679 g/mol. The molecule has 268 valence electrons.